The number of aryl methyl sites for hydroxylation is 1. The van der Waals surface area contributed by atoms with Gasteiger partial charge in [0.15, 0.2) is 0 Å². The number of carbonyl (C=O) groups is 1. The zero-order valence-corrected chi connectivity index (χ0v) is 13.9. The molecule has 2 aliphatic rings. The van der Waals surface area contributed by atoms with E-state index in [1.807, 2.05) is 6.92 Å². The summed E-state index contributed by atoms with van der Waals surface area (Å²) >= 11 is 1.20. The predicted molar refractivity (Wildman–Crippen MR) is 85.8 cm³/mol. The third-order valence-electron chi connectivity index (χ3n) is 4.77. The molecule has 0 radical (unpaired) electrons. The molecular formula is C14H23ClN4OS. The molecule has 2 saturated carbocycles. The molecular weight excluding hydrogens is 308 g/mol. The largest absolute Gasteiger partial charge is 0.348 e. The lowest BCUT2D eigenvalue weighted by Crippen LogP contribution is -2.53. The van der Waals surface area contributed by atoms with Crippen LogP contribution < -0.4 is 11.1 Å². The molecule has 21 heavy (non-hydrogen) atoms. The summed E-state index contributed by atoms with van der Waals surface area (Å²) in [7, 11) is 0. The summed E-state index contributed by atoms with van der Waals surface area (Å²) in [5, 5.41) is 7.28. The number of nitrogens with zero attached hydrogens (tertiary/aromatic N) is 2. The first kappa shape index (κ1) is 16.6. The first-order chi connectivity index (χ1) is 9.69. The molecule has 0 aromatic carbocycles. The minimum absolute atomic E-state index is 0. The molecule has 2 unspecified atom stereocenters. The number of rotatable bonds is 3. The van der Waals surface area contributed by atoms with E-state index >= 15 is 0 Å². The van der Waals surface area contributed by atoms with Crippen LogP contribution in [-0.2, 0) is 6.42 Å². The van der Waals surface area contributed by atoms with Gasteiger partial charge in [-0.2, -0.15) is 0 Å². The highest BCUT2D eigenvalue weighted by atomic mass is 35.5. The van der Waals surface area contributed by atoms with Crippen molar-refractivity contribution in [1.82, 2.24) is 14.9 Å². The molecule has 3 N–H and O–H groups in total. The van der Waals surface area contributed by atoms with Crippen molar-refractivity contribution in [1.29, 1.82) is 0 Å². The highest BCUT2D eigenvalue weighted by Crippen LogP contribution is 2.39. The first-order valence-electron chi connectivity index (χ1n) is 7.56. The molecule has 2 bridgehead atoms. The van der Waals surface area contributed by atoms with Crippen LogP contribution in [0.4, 0.5) is 0 Å². The molecule has 118 valence electrons. The van der Waals surface area contributed by atoms with Crippen molar-refractivity contribution in [3.8, 4) is 0 Å². The summed E-state index contributed by atoms with van der Waals surface area (Å²) in [6.45, 7) is 2.00. The Labute approximate surface area is 135 Å². The van der Waals surface area contributed by atoms with Gasteiger partial charge < -0.3 is 11.1 Å². The van der Waals surface area contributed by atoms with E-state index in [9.17, 15) is 4.79 Å². The van der Waals surface area contributed by atoms with Gasteiger partial charge in [0.2, 0.25) is 0 Å². The predicted octanol–water partition coefficient (Wildman–Crippen LogP) is 2.16. The number of hydrogen-bond acceptors (Lipinski definition) is 5. The van der Waals surface area contributed by atoms with Crippen LogP contribution in [-0.4, -0.2) is 27.6 Å². The van der Waals surface area contributed by atoms with Crippen LogP contribution in [0.15, 0.2) is 0 Å². The molecule has 1 amide bonds. The van der Waals surface area contributed by atoms with Crippen molar-refractivity contribution < 1.29 is 4.79 Å². The van der Waals surface area contributed by atoms with E-state index < -0.39 is 0 Å². The van der Waals surface area contributed by atoms with Gasteiger partial charge in [-0.25, -0.2) is 0 Å². The molecule has 5 nitrogen and oxygen atoms in total. The van der Waals surface area contributed by atoms with Gasteiger partial charge in [0.05, 0.1) is 5.69 Å². The lowest BCUT2D eigenvalue weighted by Gasteiger charge is -2.45. The van der Waals surface area contributed by atoms with E-state index in [1.54, 1.807) is 0 Å². The normalized spacial score (nSPS) is 31.3. The smallest absolute Gasteiger partial charge is 0.265 e. The number of halogens is 1. The molecule has 0 saturated heterocycles. The molecule has 1 heterocycles. The molecule has 0 spiro atoms. The standard InChI is InChI=1S/C14H22N4OS.ClH/c1-2-11-13(20-18-17-11)14(19)16-12-8-4-3-5-9(12)7-10(15)6-8;/h8-10,12H,2-7,15H2,1H3,(H,16,19);1H. The molecule has 3 rings (SSSR count). The van der Waals surface area contributed by atoms with Gasteiger partial charge in [0.25, 0.3) is 5.91 Å². The quantitative estimate of drug-likeness (QED) is 0.890. The van der Waals surface area contributed by atoms with Crippen LogP contribution in [0.3, 0.4) is 0 Å². The molecule has 1 aromatic heterocycles. The van der Waals surface area contributed by atoms with E-state index in [4.69, 9.17) is 5.73 Å². The Bertz CT molecular complexity index is 481. The van der Waals surface area contributed by atoms with E-state index in [0.29, 0.717) is 28.8 Å². The van der Waals surface area contributed by atoms with Gasteiger partial charge in [0.1, 0.15) is 4.88 Å². The average Bonchev–Trinajstić information content (AvgIpc) is 2.88. The van der Waals surface area contributed by atoms with Crippen molar-refractivity contribution in [2.45, 2.75) is 57.5 Å². The minimum atomic E-state index is 0. The topological polar surface area (TPSA) is 80.9 Å². The van der Waals surface area contributed by atoms with Crippen LogP contribution in [0.25, 0.3) is 0 Å². The molecule has 7 heteroatoms. The van der Waals surface area contributed by atoms with E-state index in [2.05, 4.69) is 14.9 Å². The number of aromatic nitrogens is 2. The maximum absolute atomic E-state index is 12.5. The SMILES string of the molecule is CCc1nnsc1C(=O)NC1C2CCCC1CC(N)C2.Cl. The highest BCUT2D eigenvalue weighted by Gasteiger charge is 2.40. The maximum atomic E-state index is 12.5. The lowest BCUT2D eigenvalue weighted by atomic mass is 9.67. The first-order valence-corrected chi connectivity index (χ1v) is 8.34. The Kier molecular flexibility index (Phi) is 5.57. The van der Waals surface area contributed by atoms with Crippen LogP contribution in [0, 0.1) is 11.8 Å². The van der Waals surface area contributed by atoms with Crippen molar-refractivity contribution in [3.05, 3.63) is 10.6 Å². The molecule has 1 aromatic rings. The Balaban J connectivity index is 0.00000161. The molecule has 2 fully saturated rings. The Morgan fingerprint density at radius 2 is 2.05 bits per heavy atom. The van der Waals surface area contributed by atoms with Gasteiger partial charge in [-0.05, 0) is 55.5 Å². The van der Waals surface area contributed by atoms with E-state index in [1.165, 1.54) is 30.8 Å². The molecule has 2 aliphatic carbocycles. The second kappa shape index (κ2) is 7.03. The Morgan fingerprint density at radius 1 is 1.38 bits per heavy atom. The number of carbonyl (C=O) groups excluding carboxylic acids is 1. The minimum Gasteiger partial charge on any atom is -0.348 e. The second-order valence-electron chi connectivity index (χ2n) is 6.08. The number of nitrogens with two attached hydrogens (primary N) is 1. The summed E-state index contributed by atoms with van der Waals surface area (Å²) in [5.74, 6) is 1.11. The summed E-state index contributed by atoms with van der Waals surface area (Å²) in [5.41, 5.74) is 6.94. The second-order valence-corrected chi connectivity index (χ2v) is 6.84. The van der Waals surface area contributed by atoms with Gasteiger partial charge in [-0.15, -0.1) is 17.5 Å². The highest BCUT2D eigenvalue weighted by molar-refractivity contribution is 7.08. The lowest BCUT2D eigenvalue weighted by molar-refractivity contribution is 0.0758. The van der Waals surface area contributed by atoms with Crippen molar-refractivity contribution in [2.24, 2.45) is 17.6 Å². The summed E-state index contributed by atoms with van der Waals surface area (Å²) in [6.07, 6.45) is 6.50. The zero-order chi connectivity index (χ0) is 14.1. The number of nitrogens with one attached hydrogen (secondary N) is 1. The maximum Gasteiger partial charge on any atom is 0.265 e. The van der Waals surface area contributed by atoms with E-state index in [0.717, 1.165) is 25.0 Å². The third kappa shape index (κ3) is 3.38. The van der Waals surface area contributed by atoms with Crippen LogP contribution in [0.1, 0.15) is 54.4 Å². The fourth-order valence-corrected chi connectivity index (χ4v) is 4.51. The molecule has 0 aliphatic heterocycles. The van der Waals surface area contributed by atoms with Crippen molar-refractivity contribution in [3.63, 3.8) is 0 Å². The summed E-state index contributed by atoms with van der Waals surface area (Å²) < 4.78 is 3.90. The van der Waals surface area contributed by atoms with E-state index in [-0.39, 0.29) is 18.3 Å². The molecule has 2 atom stereocenters. The van der Waals surface area contributed by atoms with Crippen molar-refractivity contribution in [2.75, 3.05) is 0 Å². The van der Waals surface area contributed by atoms with Crippen LogP contribution in [0.2, 0.25) is 0 Å². The monoisotopic (exact) mass is 330 g/mol. The van der Waals surface area contributed by atoms with Crippen LogP contribution in [0.5, 0.6) is 0 Å². The number of hydrogen-bond donors (Lipinski definition) is 2. The van der Waals surface area contributed by atoms with Crippen molar-refractivity contribution >= 4 is 29.8 Å². The van der Waals surface area contributed by atoms with Gasteiger partial charge >= 0.3 is 0 Å². The zero-order valence-electron chi connectivity index (χ0n) is 12.2. The van der Waals surface area contributed by atoms with Crippen LogP contribution >= 0.6 is 23.9 Å². The number of fused-ring (bicyclic) bond motifs is 2. The van der Waals surface area contributed by atoms with Gasteiger partial charge in [-0.3, -0.25) is 4.79 Å². The van der Waals surface area contributed by atoms with Gasteiger partial charge in [0, 0.05) is 12.1 Å². The fourth-order valence-electron chi connectivity index (χ4n) is 3.85. The van der Waals surface area contributed by atoms with Gasteiger partial charge in [-0.1, -0.05) is 17.8 Å². The summed E-state index contributed by atoms with van der Waals surface area (Å²) in [6, 6.07) is 0.609. The average molecular weight is 331 g/mol. The Hall–Kier alpha value is -0.720. The Morgan fingerprint density at radius 3 is 2.67 bits per heavy atom. The third-order valence-corrected chi connectivity index (χ3v) is 5.54. The fraction of sp³-hybridized carbons (Fsp3) is 0.786. The summed E-state index contributed by atoms with van der Waals surface area (Å²) in [4.78, 5) is 13.1. The number of amides is 1.